The minimum Gasteiger partial charge on any atom is -0.356 e. The lowest BCUT2D eigenvalue weighted by Gasteiger charge is -2.19. The summed E-state index contributed by atoms with van der Waals surface area (Å²) in [5, 5.41) is 5.87. The zero-order valence-corrected chi connectivity index (χ0v) is 19.6. The van der Waals surface area contributed by atoms with Gasteiger partial charge >= 0.3 is 0 Å². The van der Waals surface area contributed by atoms with Crippen LogP contribution in [-0.4, -0.2) is 48.7 Å². The van der Waals surface area contributed by atoms with Crippen LogP contribution in [0.25, 0.3) is 32.4 Å². The molecule has 0 saturated carbocycles. The lowest BCUT2D eigenvalue weighted by molar-refractivity contribution is -0.108. The summed E-state index contributed by atoms with van der Waals surface area (Å²) in [5.74, 6) is 2.67. The van der Waals surface area contributed by atoms with Gasteiger partial charge in [0.05, 0.1) is 10.3 Å². The first kappa shape index (κ1) is 20.8. The predicted octanol–water partition coefficient (Wildman–Crippen LogP) is 4.26. The average molecular weight is 450 g/mol. The fraction of sp³-hybridized carbons (Fsp3) is 0.435. The van der Waals surface area contributed by atoms with Crippen LogP contribution < -0.4 is 4.90 Å². The quantitative estimate of drug-likeness (QED) is 0.409. The maximum absolute atomic E-state index is 11.1. The second kappa shape index (κ2) is 8.12. The second-order valence-electron chi connectivity index (χ2n) is 8.75. The molecule has 1 atom stereocenters. The Morgan fingerprint density at radius 1 is 1.28 bits per heavy atom. The monoisotopic (exact) mass is 449 g/mol. The van der Waals surface area contributed by atoms with Crippen molar-refractivity contribution in [3.8, 4) is 22.2 Å². The van der Waals surface area contributed by atoms with E-state index in [1.165, 1.54) is 0 Å². The normalized spacial score (nSPS) is 16.5. The fourth-order valence-electron chi connectivity index (χ4n) is 4.37. The number of aryl methyl sites for hydroxylation is 2. The summed E-state index contributed by atoms with van der Waals surface area (Å²) in [6, 6.07) is 2.38. The van der Waals surface area contributed by atoms with E-state index < -0.39 is 0 Å². The Morgan fingerprint density at radius 3 is 2.81 bits per heavy atom. The molecule has 1 aliphatic heterocycles. The summed E-state index contributed by atoms with van der Waals surface area (Å²) in [4.78, 5) is 29.8. The highest BCUT2D eigenvalue weighted by Gasteiger charge is 2.28. The van der Waals surface area contributed by atoms with Gasteiger partial charge in [-0.3, -0.25) is 4.68 Å². The molecule has 1 aliphatic rings. The van der Waals surface area contributed by atoms with Crippen LogP contribution in [0.1, 0.15) is 38.3 Å². The van der Waals surface area contributed by atoms with Crippen molar-refractivity contribution in [2.45, 2.75) is 39.7 Å². The number of anilines is 1. The third kappa shape index (κ3) is 3.50. The number of thiophene rings is 1. The van der Waals surface area contributed by atoms with Gasteiger partial charge in [-0.25, -0.2) is 15.0 Å². The summed E-state index contributed by atoms with van der Waals surface area (Å²) in [6.07, 6.45) is 8.32. The standard InChI is InChI=1S/C23H27N7OS/c1-14(2)30-10-6-17(27-30)19-15(3)18-21(29-9-5-16(13-29)7-12-31)25-20(26-23(18)32-19)22-24-8-11-28(22)4/h6,8,10-12,14,16H,5,7,9,13H2,1-4H3. The molecule has 9 heteroatoms. The van der Waals surface area contributed by atoms with Gasteiger partial charge in [0.25, 0.3) is 0 Å². The fourth-order valence-corrected chi connectivity index (χ4v) is 5.51. The van der Waals surface area contributed by atoms with Crippen molar-refractivity contribution in [1.29, 1.82) is 0 Å². The number of rotatable bonds is 6. The number of carbonyl (C=O) groups excluding carboxylic acids is 1. The van der Waals surface area contributed by atoms with Crippen LogP contribution in [-0.2, 0) is 11.8 Å². The lowest BCUT2D eigenvalue weighted by Crippen LogP contribution is -2.22. The van der Waals surface area contributed by atoms with Crippen LogP contribution >= 0.6 is 11.3 Å². The smallest absolute Gasteiger partial charge is 0.199 e. The molecule has 0 aromatic carbocycles. The number of imidazole rings is 1. The Morgan fingerprint density at radius 2 is 2.12 bits per heavy atom. The Kier molecular flexibility index (Phi) is 5.28. The van der Waals surface area contributed by atoms with E-state index >= 15 is 0 Å². The lowest BCUT2D eigenvalue weighted by atomic mass is 10.1. The highest BCUT2D eigenvalue weighted by molar-refractivity contribution is 7.22. The van der Waals surface area contributed by atoms with Gasteiger partial charge in [-0.2, -0.15) is 5.10 Å². The SMILES string of the molecule is Cc1c(-c2ccn(C(C)C)n2)sc2nc(-c3nccn3C)nc(N3CCC(CC=O)C3)c12. The minimum atomic E-state index is 0.308. The number of aldehydes is 1. The van der Waals surface area contributed by atoms with Gasteiger partial charge in [0.2, 0.25) is 0 Å². The molecule has 5 heterocycles. The van der Waals surface area contributed by atoms with Gasteiger partial charge in [-0.1, -0.05) is 0 Å². The van der Waals surface area contributed by atoms with E-state index in [0.717, 1.165) is 63.8 Å². The number of fused-ring (bicyclic) bond motifs is 1. The molecule has 0 amide bonds. The van der Waals surface area contributed by atoms with E-state index in [4.69, 9.17) is 15.1 Å². The zero-order chi connectivity index (χ0) is 22.4. The molecule has 1 saturated heterocycles. The molecule has 8 nitrogen and oxygen atoms in total. The number of nitrogens with zero attached hydrogens (tertiary/aromatic N) is 7. The van der Waals surface area contributed by atoms with E-state index in [1.807, 2.05) is 28.7 Å². The third-order valence-electron chi connectivity index (χ3n) is 6.18. The van der Waals surface area contributed by atoms with Gasteiger partial charge in [0.15, 0.2) is 11.6 Å². The molecular formula is C23H27N7OS. The van der Waals surface area contributed by atoms with Crippen molar-refractivity contribution in [3.05, 3.63) is 30.2 Å². The number of aromatic nitrogens is 6. The average Bonchev–Trinajstić information content (AvgIpc) is 3.54. The van der Waals surface area contributed by atoms with Crippen molar-refractivity contribution >= 4 is 33.7 Å². The van der Waals surface area contributed by atoms with E-state index in [1.54, 1.807) is 17.5 Å². The zero-order valence-electron chi connectivity index (χ0n) is 18.8. The molecule has 1 fully saturated rings. The van der Waals surface area contributed by atoms with E-state index in [0.29, 0.717) is 24.2 Å². The van der Waals surface area contributed by atoms with Crippen LogP contribution in [0.5, 0.6) is 0 Å². The largest absolute Gasteiger partial charge is 0.356 e. The molecule has 4 aromatic rings. The molecule has 0 aliphatic carbocycles. The second-order valence-corrected chi connectivity index (χ2v) is 9.75. The Balaban J connectivity index is 1.67. The van der Waals surface area contributed by atoms with Crippen LogP contribution in [0.3, 0.4) is 0 Å². The summed E-state index contributed by atoms with van der Waals surface area (Å²) < 4.78 is 3.92. The van der Waals surface area contributed by atoms with Gasteiger partial charge in [-0.15, -0.1) is 11.3 Å². The van der Waals surface area contributed by atoms with Crippen molar-refractivity contribution in [3.63, 3.8) is 0 Å². The molecule has 32 heavy (non-hydrogen) atoms. The molecule has 4 aromatic heterocycles. The summed E-state index contributed by atoms with van der Waals surface area (Å²) in [5.41, 5.74) is 2.11. The molecule has 5 rings (SSSR count). The first-order valence-corrected chi connectivity index (χ1v) is 11.8. The Bertz CT molecular complexity index is 1280. The predicted molar refractivity (Wildman–Crippen MR) is 127 cm³/mol. The number of hydrogen-bond acceptors (Lipinski definition) is 7. The highest BCUT2D eigenvalue weighted by atomic mass is 32.1. The molecular weight excluding hydrogens is 422 g/mol. The van der Waals surface area contributed by atoms with Crippen LogP contribution in [0.2, 0.25) is 0 Å². The van der Waals surface area contributed by atoms with Crippen molar-refractivity contribution < 1.29 is 4.79 Å². The molecule has 0 bridgehead atoms. The topological polar surface area (TPSA) is 81.7 Å². The summed E-state index contributed by atoms with van der Waals surface area (Å²) >= 11 is 1.66. The molecule has 0 spiro atoms. The Hall–Kier alpha value is -3.07. The number of hydrogen-bond donors (Lipinski definition) is 0. The van der Waals surface area contributed by atoms with Crippen LogP contribution in [0.4, 0.5) is 5.82 Å². The van der Waals surface area contributed by atoms with Gasteiger partial charge < -0.3 is 14.3 Å². The highest BCUT2D eigenvalue weighted by Crippen LogP contribution is 2.42. The first-order valence-electron chi connectivity index (χ1n) is 11.0. The number of carbonyl (C=O) groups is 1. The minimum absolute atomic E-state index is 0.308. The van der Waals surface area contributed by atoms with Crippen LogP contribution in [0.15, 0.2) is 24.7 Å². The van der Waals surface area contributed by atoms with Gasteiger partial charge in [-0.05, 0) is 44.7 Å². The van der Waals surface area contributed by atoms with Crippen molar-refractivity contribution in [1.82, 2.24) is 29.3 Å². The molecule has 0 radical (unpaired) electrons. The first-order chi connectivity index (χ1) is 15.5. The van der Waals surface area contributed by atoms with Crippen molar-refractivity contribution in [2.24, 2.45) is 13.0 Å². The Labute approximate surface area is 190 Å². The van der Waals surface area contributed by atoms with E-state index in [-0.39, 0.29) is 0 Å². The molecule has 1 unspecified atom stereocenters. The third-order valence-corrected chi connectivity index (χ3v) is 7.39. The maximum atomic E-state index is 11.1. The van der Waals surface area contributed by atoms with Gasteiger partial charge in [0, 0.05) is 51.2 Å². The summed E-state index contributed by atoms with van der Waals surface area (Å²) in [6.45, 7) is 8.10. The molecule has 166 valence electrons. The van der Waals surface area contributed by atoms with E-state index in [2.05, 4.69) is 36.7 Å². The maximum Gasteiger partial charge on any atom is 0.199 e. The van der Waals surface area contributed by atoms with Crippen molar-refractivity contribution in [2.75, 3.05) is 18.0 Å². The molecule has 0 N–H and O–H groups in total. The van der Waals surface area contributed by atoms with E-state index in [9.17, 15) is 4.79 Å². The van der Waals surface area contributed by atoms with Crippen LogP contribution in [0, 0.1) is 12.8 Å². The van der Waals surface area contributed by atoms with Gasteiger partial charge in [0.1, 0.15) is 22.6 Å². The summed E-state index contributed by atoms with van der Waals surface area (Å²) in [7, 11) is 1.95.